The normalized spacial score (nSPS) is 10.9. The van der Waals surface area contributed by atoms with Crippen LogP contribution < -0.4 is 10.7 Å². The van der Waals surface area contributed by atoms with Crippen molar-refractivity contribution in [2.75, 3.05) is 5.32 Å². The molecule has 0 spiro atoms. The third kappa shape index (κ3) is 3.32. The van der Waals surface area contributed by atoms with Gasteiger partial charge in [0.2, 0.25) is 5.43 Å². The maximum Gasteiger partial charge on any atom is 0.281 e. The van der Waals surface area contributed by atoms with Crippen molar-refractivity contribution in [1.29, 1.82) is 0 Å². The lowest BCUT2D eigenvalue weighted by Gasteiger charge is -2.09. The topological polar surface area (TPSA) is 76.9 Å². The highest BCUT2D eigenvalue weighted by molar-refractivity contribution is 7.14. The van der Waals surface area contributed by atoms with Crippen molar-refractivity contribution in [2.24, 2.45) is 0 Å². The third-order valence-corrected chi connectivity index (χ3v) is 5.21. The summed E-state index contributed by atoms with van der Waals surface area (Å²) in [5, 5.41) is 9.75. The van der Waals surface area contributed by atoms with E-state index in [2.05, 4.69) is 15.4 Å². The van der Waals surface area contributed by atoms with E-state index in [0.29, 0.717) is 22.6 Å². The van der Waals surface area contributed by atoms with E-state index in [1.807, 2.05) is 55.6 Å². The molecule has 2 aromatic carbocycles. The van der Waals surface area contributed by atoms with Gasteiger partial charge < -0.3 is 0 Å². The lowest BCUT2D eigenvalue weighted by atomic mass is 10.1. The Labute approximate surface area is 165 Å². The van der Waals surface area contributed by atoms with Crippen molar-refractivity contribution in [1.82, 2.24) is 14.8 Å². The number of para-hydroxylation sites is 1. The van der Waals surface area contributed by atoms with Crippen molar-refractivity contribution in [3.8, 4) is 11.3 Å². The van der Waals surface area contributed by atoms with Crippen LogP contribution in [0.15, 0.2) is 58.7 Å². The number of nitrogens with zero attached hydrogens (tertiary/aromatic N) is 3. The van der Waals surface area contributed by atoms with Gasteiger partial charge in [0.05, 0.1) is 11.2 Å². The van der Waals surface area contributed by atoms with Gasteiger partial charge in [-0.3, -0.25) is 19.6 Å². The Kier molecular flexibility index (Phi) is 4.75. The van der Waals surface area contributed by atoms with Crippen molar-refractivity contribution in [3.63, 3.8) is 0 Å². The molecule has 0 aliphatic heterocycles. The summed E-state index contributed by atoms with van der Waals surface area (Å²) in [7, 11) is 0. The number of thiazole rings is 1. The number of hydrogen-bond acceptors (Lipinski definition) is 5. The Morgan fingerprint density at radius 2 is 1.89 bits per heavy atom. The zero-order chi connectivity index (χ0) is 19.7. The van der Waals surface area contributed by atoms with Gasteiger partial charge in [0.15, 0.2) is 10.8 Å². The Morgan fingerprint density at radius 3 is 2.64 bits per heavy atom. The van der Waals surface area contributed by atoms with Gasteiger partial charge in [0, 0.05) is 22.9 Å². The highest BCUT2D eigenvalue weighted by Crippen LogP contribution is 2.25. The molecule has 0 unspecified atom stereocenters. The largest absolute Gasteiger partial charge is 0.296 e. The summed E-state index contributed by atoms with van der Waals surface area (Å²) >= 11 is 1.31. The van der Waals surface area contributed by atoms with E-state index in [9.17, 15) is 9.59 Å². The Bertz CT molecular complexity index is 1230. The maximum absolute atomic E-state index is 12.7. The van der Waals surface area contributed by atoms with Gasteiger partial charge in [-0.1, -0.05) is 42.0 Å². The first kappa shape index (κ1) is 18.1. The summed E-state index contributed by atoms with van der Waals surface area (Å²) < 4.78 is 1.66. The van der Waals surface area contributed by atoms with Gasteiger partial charge in [-0.05, 0) is 26.0 Å². The molecule has 0 saturated heterocycles. The minimum atomic E-state index is -0.553. The van der Waals surface area contributed by atoms with E-state index in [4.69, 9.17) is 0 Å². The van der Waals surface area contributed by atoms with Crippen molar-refractivity contribution < 1.29 is 4.79 Å². The second-order valence-electron chi connectivity index (χ2n) is 6.37. The Balaban J connectivity index is 1.65. The molecule has 0 aliphatic carbocycles. The predicted molar refractivity (Wildman–Crippen MR) is 112 cm³/mol. The van der Waals surface area contributed by atoms with Crippen LogP contribution in [0.2, 0.25) is 0 Å². The third-order valence-electron chi connectivity index (χ3n) is 4.45. The van der Waals surface area contributed by atoms with E-state index in [1.165, 1.54) is 16.9 Å². The van der Waals surface area contributed by atoms with Gasteiger partial charge in [0.1, 0.15) is 0 Å². The van der Waals surface area contributed by atoms with E-state index >= 15 is 0 Å². The second-order valence-corrected chi connectivity index (χ2v) is 7.23. The molecule has 0 radical (unpaired) electrons. The van der Waals surface area contributed by atoms with Crippen molar-refractivity contribution in [3.05, 3.63) is 75.4 Å². The molecular formula is C21H18N4O2S. The SMILES string of the molecule is CCn1nc(C(=O)Nc2nc(-c3ccc(C)cc3)cs2)c(=O)c2ccccc21. The first-order valence-corrected chi connectivity index (χ1v) is 9.78. The fourth-order valence-corrected chi connectivity index (χ4v) is 3.69. The second kappa shape index (κ2) is 7.36. The minimum absolute atomic E-state index is 0.132. The van der Waals surface area contributed by atoms with E-state index in [0.717, 1.165) is 11.3 Å². The van der Waals surface area contributed by atoms with Crippen LogP contribution in [0.25, 0.3) is 22.2 Å². The number of aryl methyl sites for hydroxylation is 2. The van der Waals surface area contributed by atoms with Crippen molar-refractivity contribution >= 4 is 33.3 Å². The van der Waals surface area contributed by atoms with Crippen LogP contribution in [-0.4, -0.2) is 20.7 Å². The number of hydrogen-bond donors (Lipinski definition) is 1. The lowest BCUT2D eigenvalue weighted by Crippen LogP contribution is -2.27. The van der Waals surface area contributed by atoms with Gasteiger partial charge in [-0.15, -0.1) is 11.3 Å². The first-order valence-electron chi connectivity index (χ1n) is 8.90. The minimum Gasteiger partial charge on any atom is -0.296 e. The maximum atomic E-state index is 12.7. The molecule has 1 N–H and O–H groups in total. The fourth-order valence-electron chi connectivity index (χ4n) is 2.97. The molecule has 28 heavy (non-hydrogen) atoms. The van der Waals surface area contributed by atoms with E-state index < -0.39 is 5.91 Å². The zero-order valence-electron chi connectivity index (χ0n) is 15.5. The molecule has 2 heterocycles. The van der Waals surface area contributed by atoms with Crippen LogP contribution >= 0.6 is 11.3 Å². The molecular weight excluding hydrogens is 372 g/mol. The zero-order valence-corrected chi connectivity index (χ0v) is 16.3. The molecule has 140 valence electrons. The number of carbonyl (C=O) groups is 1. The highest BCUT2D eigenvalue weighted by Gasteiger charge is 2.18. The smallest absolute Gasteiger partial charge is 0.281 e. The van der Waals surface area contributed by atoms with Crippen LogP contribution in [0.4, 0.5) is 5.13 Å². The van der Waals surface area contributed by atoms with Crippen molar-refractivity contribution in [2.45, 2.75) is 20.4 Å². The van der Waals surface area contributed by atoms with Gasteiger partial charge in [0.25, 0.3) is 5.91 Å². The monoisotopic (exact) mass is 390 g/mol. The molecule has 2 aromatic heterocycles. The van der Waals surface area contributed by atoms with E-state index in [-0.39, 0.29) is 11.1 Å². The van der Waals surface area contributed by atoms with Gasteiger partial charge in [-0.2, -0.15) is 5.10 Å². The summed E-state index contributed by atoms with van der Waals surface area (Å²) in [6.07, 6.45) is 0. The highest BCUT2D eigenvalue weighted by atomic mass is 32.1. The number of amides is 1. The van der Waals surface area contributed by atoms with Crippen LogP contribution in [0.3, 0.4) is 0 Å². The van der Waals surface area contributed by atoms with Crippen LogP contribution in [-0.2, 0) is 6.54 Å². The van der Waals surface area contributed by atoms with Gasteiger partial charge in [-0.25, -0.2) is 4.98 Å². The number of nitrogens with one attached hydrogen (secondary N) is 1. The molecule has 0 bridgehead atoms. The number of aromatic nitrogens is 3. The van der Waals surface area contributed by atoms with Crippen LogP contribution in [0, 0.1) is 6.92 Å². The molecule has 0 saturated carbocycles. The number of benzene rings is 2. The number of anilines is 1. The molecule has 0 aliphatic rings. The average molecular weight is 390 g/mol. The first-order chi connectivity index (χ1) is 13.6. The summed E-state index contributed by atoms with van der Waals surface area (Å²) in [6, 6.07) is 15.2. The standard InChI is InChI=1S/C21H18N4O2S/c1-3-25-17-7-5-4-6-15(17)19(26)18(24-25)20(27)23-21-22-16(12-28-21)14-10-8-13(2)9-11-14/h4-12H,3H2,1-2H3,(H,22,23,27). The number of fused-ring (bicyclic) bond motifs is 1. The number of rotatable bonds is 4. The Hall–Kier alpha value is -3.32. The summed E-state index contributed by atoms with van der Waals surface area (Å²) in [4.78, 5) is 29.9. The summed E-state index contributed by atoms with van der Waals surface area (Å²) in [5.41, 5.74) is 3.11. The number of carbonyl (C=O) groups excluding carboxylic acids is 1. The predicted octanol–water partition coefficient (Wildman–Crippen LogP) is 4.10. The Morgan fingerprint density at radius 1 is 1.14 bits per heavy atom. The van der Waals surface area contributed by atoms with Gasteiger partial charge >= 0.3 is 0 Å². The quantitative estimate of drug-likeness (QED) is 0.569. The van der Waals surface area contributed by atoms with E-state index in [1.54, 1.807) is 16.8 Å². The molecule has 4 aromatic rings. The molecule has 6 nitrogen and oxygen atoms in total. The summed E-state index contributed by atoms with van der Waals surface area (Å²) in [6.45, 7) is 4.49. The molecule has 1 amide bonds. The lowest BCUT2D eigenvalue weighted by molar-refractivity contribution is 0.101. The average Bonchev–Trinajstić information content (AvgIpc) is 3.17. The molecule has 0 fully saturated rings. The van der Waals surface area contributed by atoms with Crippen LogP contribution in [0.1, 0.15) is 23.0 Å². The molecule has 4 rings (SSSR count). The molecule has 0 atom stereocenters. The fraction of sp³-hybridized carbons (Fsp3) is 0.143. The summed E-state index contributed by atoms with van der Waals surface area (Å²) in [5.74, 6) is -0.553. The van der Waals surface area contributed by atoms with Crippen LogP contribution in [0.5, 0.6) is 0 Å². The molecule has 7 heteroatoms.